The molecule has 35 heavy (non-hydrogen) atoms. The molecule has 0 aromatic carbocycles. The molecule has 4 heterocycles. The zero-order valence-electron chi connectivity index (χ0n) is 18.8. The SMILES string of the molecule is COCc1cc[n+](CC2=C(C(=O)O)N3C(=O)C(NC(=O)C(=NOC)c4csc(N)n4)C3CS2)cc1. The summed E-state index contributed by atoms with van der Waals surface area (Å²) in [5, 5.41) is 18.0. The van der Waals surface area contributed by atoms with E-state index in [1.165, 1.54) is 23.8 Å². The highest BCUT2D eigenvalue weighted by atomic mass is 32.2. The van der Waals surface area contributed by atoms with E-state index in [4.69, 9.17) is 15.3 Å². The summed E-state index contributed by atoms with van der Waals surface area (Å²) in [4.78, 5) is 48.5. The molecule has 184 valence electrons. The third kappa shape index (κ3) is 4.99. The molecule has 1 saturated heterocycles. The van der Waals surface area contributed by atoms with Crippen molar-refractivity contribution in [2.75, 3.05) is 25.7 Å². The number of rotatable bonds is 9. The number of fused-ring (bicyclic) bond motifs is 1. The lowest BCUT2D eigenvalue weighted by Gasteiger charge is -2.49. The first-order valence-electron chi connectivity index (χ1n) is 10.4. The first-order valence-corrected chi connectivity index (χ1v) is 12.2. The van der Waals surface area contributed by atoms with Crippen LogP contribution in [0.4, 0.5) is 5.13 Å². The Morgan fingerprint density at radius 2 is 2.11 bits per heavy atom. The van der Waals surface area contributed by atoms with E-state index < -0.39 is 29.9 Å². The van der Waals surface area contributed by atoms with Crippen LogP contribution in [0.15, 0.2) is 45.7 Å². The van der Waals surface area contributed by atoms with Crippen LogP contribution in [0.2, 0.25) is 0 Å². The Labute approximate surface area is 208 Å². The molecule has 0 bridgehead atoms. The molecule has 0 saturated carbocycles. The lowest BCUT2D eigenvalue weighted by molar-refractivity contribution is -0.688. The second-order valence-corrected chi connectivity index (χ2v) is 9.62. The number of hydrogen-bond acceptors (Lipinski definition) is 10. The summed E-state index contributed by atoms with van der Waals surface area (Å²) in [6, 6.07) is 2.36. The number of nitrogens with two attached hydrogens (primary N) is 1. The van der Waals surface area contributed by atoms with Crippen LogP contribution in [0, 0.1) is 0 Å². The molecule has 4 rings (SSSR count). The molecule has 2 aliphatic heterocycles. The van der Waals surface area contributed by atoms with Gasteiger partial charge in [0.2, 0.25) is 0 Å². The number of amides is 2. The van der Waals surface area contributed by atoms with Gasteiger partial charge < -0.3 is 25.7 Å². The Morgan fingerprint density at radius 3 is 2.71 bits per heavy atom. The van der Waals surface area contributed by atoms with Crippen molar-refractivity contribution >= 4 is 51.7 Å². The van der Waals surface area contributed by atoms with E-state index in [1.54, 1.807) is 12.5 Å². The van der Waals surface area contributed by atoms with Gasteiger partial charge in [-0.05, 0) is 5.56 Å². The third-order valence-corrected chi connectivity index (χ3v) is 7.25. The second-order valence-electron chi connectivity index (χ2n) is 7.62. The van der Waals surface area contributed by atoms with Gasteiger partial charge in [-0.3, -0.25) is 14.5 Å². The summed E-state index contributed by atoms with van der Waals surface area (Å²) in [5.74, 6) is -1.95. The largest absolute Gasteiger partial charge is 0.477 e. The molecule has 12 nitrogen and oxygen atoms in total. The van der Waals surface area contributed by atoms with Crippen molar-refractivity contribution in [3.63, 3.8) is 0 Å². The second kappa shape index (κ2) is 10.4. The Hall–Kier alpha value is -3.49. The van der Waals surface area contributed by atoms with Crippen LogP contribution in [0.25, 0.3) is 0 Å². The van der Waals surface area contributed by atoms with E-state index in [9.17, 15) is 19.5 Å². The van der Waals surface area contributed by atoms with E-state index in [2.05, 4.69) is 15.5 Å². The molecule has 4 N–H and O–H groups in total. The normalized spacial score (nSPS) is 19.8. The lowest BCUT2D eigenvalue weighted by atomic mass is 9.94. The predicted molar refractivity (Wildman–Crippen MR) is 127 cm³/mol. The number of nitrogen functional groups attached to an aromatic ring is 1. The first-order chi connectivity index (χ1) is 16.8. The van der Waals surface area contributed by atoms with Crippen LogP contribution < -0.4 is 15.6 Å². The highest BCUT2D eigenvalue weighted by molar-refractivity contribution is 8.03. The number of aliphatic carboxylic acids is 1. The zero-order chi connectivity index (χ0) is 25.1. The number of carboxylic acids is 1. The smallest absolute Gasteiger partial charge is 0.353 e. The molecule has 2 aromatic heterocycles. The number of oxime groups is 1. The molecular weight excluding hydrogens is 496 g/mol. The third-order valence-electron chi connectivity index (χ3n) is 5.40. The van der Waals surface area contributed by atoms with Crippen molar-refractivity contribution in [1.29, 1.82) is 0 Å². The molecule has 2 amide bonds. The van der Waals surface area contributed by atoms with E-state index >= 15 is 0 Å². The Kier molecular flexibility index (Phi) is 7.33. The van der Waals surface area contributed by atoms with Crippen LogP contribution in [-0.2, 0) is 37.1 Å². The van der Waals surface area contributed by atoms with Crippen LogP contribution >= 0.6 is 23.1 Å². The maximum atomic E-state index is 13.0. The van der Waals surface area contributed by atoms with Crippen molar-refractivity contribution < 1.29 is 33.6 Å². The number of carbonyl (C=O) groups excluding carboxylic acids is 2. The van der Waals surface area contributed by atoms with E-state index in [1.807, 2.05) is 29.1 Å². The molecular formula is C21H23N6O6S2+. The van der Waals surface area contributed by atoms with Gasteiger partial charge in [-0.15, -0.1) is 23.1 Å². The standard InChI is InChI=1S/C21H22N6O6S2/c1-32-8-11-3-5-26(6-4-11)7-14-17(20(30)31)27-13(10-34-14)16(19(27)29)24-18(28)15(25-33-2)12-9-35-21(22)23-12/h3-6,9,13,16H,7-8,10H2,1-2H3,(H3-,22,23,24,28,30,31)/p+1. The predicted octanol–water partition coefficient (Wildman–Crippen LogP) is -0.0515. The number of allylic oxidation sites excluding steroid dienone is 1. The number of ether oxygens (including phenoxy) is 1. The summed E-state index contributed by atoms with van der Waals surface area (Å²) >= 11 is 2.48. The summed E-state index contributed by atoms with van der Waals surface area (Å²) in [6.07, 6.45) is 3.66. The monoisotopic (exact) mass is 519 g/mol. The Bertz CT molecular complexity index is 1210. The Balaban J connectivity index is 1.50. The number of carbonyl (C=O) groups is 3. The highest BCUT2D eigenvalue weighted by Crippen LogP contribution is 2.39. The van der Waals surface area contributed by atoms with Gasteiger partial charge in [-0.2, -0.15) is 0 Å². The van der Waals surface area contributed by atoms with Gasteiger partial charge in [0.25, 0.3) is 11.8 Å². The first kappa shape index (κ1) is 24.6. The number of anilines is 1. The van der Waals surface area contributed by atoms with Crippen molar-refractivity contribution in [2.24, 2.45) is 5.16 Å². The minimum Gasteiger partial charge on any atom is -0.477 e. The fourth-order valence-corrected chi connectivity index (χ4v) is 5.63. The average Bonchev–Trinajstić information content (AvgIpc) is 3.27. The van der Waals surface area contributed by atoms with Crippen LogP contribution in [0.1, 0.15) is 11.3 Å². The molecule has 2 unspecified atom stereocenters. The molecule has 0 spiro atoms. The van der Waals surface area contributed by atoms with Crippen molar-refractivity contribution in [3.05, 3.63) is 51.8 Å². The number of thiazole rings is 1. The van der Waals surface area contributed by atoms with Crippen molar-refractivity contribution in [2.45, 2.75) is 25.2 Å². The lowest BCUT2D eigenvalue weighted by Crippen LogP contribution is -2.73. The van der Waals surface area contributed by atoms with Gasteiger partial charge in [0, 0.05) is 30.4 Å². The minimum absolute atomic E-state index is 0.0757. The van der Waals surface area contributed by atoms with E-state index in [-0.39, 0.29) is 22.2 Å². The summed E-state index contributed by atoms with van der Waals surface area (Å²) in [5.41, 5.74) is 6.64. The van der Waals surface area contributed by atoms with Gasteiger partial charge >= 0.3 is 5.97 Å². The van der Waals surface area contributed by atoms with Gasteiger partial charge in [0.15, 0.2) is 29.8 Å². The number of β-lactam (4-membered cyclic amide) rings is 1. The number of methoxy groups -OCH3 is 1. The van der Waals surface area contributed by atoms with Crippen molar-refractivity contribution in [3.8, 4) is 0 Å². The number of thioether (sulfide) groups is 1. The molecule has 0 radical (unpaired) electrons. The van der Waals surface area contributed by atoms with E-state index in [0.717, 1.165) is 16.9 Å². The highest BCUT2D eigenvalue weighted by Gasteiger charge is 2.54. The molecule has 0 aliphatic carbocycles. The maximum absolute atomic E-state index is 13.0. The van der Waals surface area contributed by atoms with Crippen LogP contribution in [0.3, 0.4) is 0 Å². The topological polar surface area (TPSA) is 160 Å². The van der Waals surface area contributed by atoms with Gasteiger partial charge in [0.05, 0.1) is 17.6 Å². The number of hydrogen-bond donors (Lipinski definition) is 3. The molecule has 1 fully saturated rings. The molecule has 2 aromatic rings. The fourth-order valence-electron chi connectivity index (χ4n) is 3.81. The van der Waals surface area contributed by atoms with E-state index in [0.29, 0.717) is 23.8 Å². The number of pyridine rings is 1. The van der Waals surface area contributed by atoms with Crippen LogP contribution in [0.5, 0.6) is 0 Å². The average molecular weight is 520 g/mol. The molecule has 2 aliphatic rings. The van der Waals surface area contributed by atoms with Crippen LogP contribution in [-0.4, -0.2) is 70.5 Å². The molecule has 2 atom stereocenters. The number of aromatic nitrogens is 2. The molecule has 14 heteroatoms. The minimum atomic E-state index is -1.20. The summed E-state index contributed by atoms with van der Waals surface area (Å²) in [7, 11) is 2.89. The number of nitrogens with zero attached hydrogens (tertiary/aromatic N) is 4. The quantitative estimate of drug-likeness (QED) is 0.179. The number of nitrogens with one attached hydrogen (secondary N) is 1. The summed E-state index contributed by atoms with van der Waals surface area (Å²) < 4.78 is 6.94. The summed E-state index contributed by atoms with van der Waals surface area (Å²) in [6.45, 7) is 0.769. The zero-order valence-corrected chi connectivity index (χ0v) is 20.5. The van der Waals surface area contributed by atoms with Gasteiger partial charge in [0.1, 0.15) is 24.5 Å². The van der Waals surface area contributed by atoms with Gasteiger partial charge in [-0.1, -0.05) is 5.16 Å². The maximum Gasteiger partial charge on any atom is 0.353 e. The van der Waals surface area contributed by atoms with Gasteiger partial charge in [-0.25, -0.2) is 14.3 Å². The number of carboxylic acid groups (broad SMARTS) is 1. The van der Waals surface area contributed by atoms with Crippen molar-refractivity contribution in [1.82, 2.24) is 15.2 Å². The fraction of sp³-hybridized carbons (Fsp3) is 0.333. The Morgan fingerprint density at radius 1 is 1.37 bits per heavy atom.